The molecule has 1 fully saturated rings. The summed E-state index contributed by atoms with van der Waals surface area (Å²) in [6, 6.07) is 31.1. The highest BCUT2D eigenvalue weighted by Crippen LogP contribution is 2.44. The summed E-state index contributed by atoms with van der Waals surface area (Å²) in [5, 5.41) is 11.6. The lowest BCUT2D eigenvalue weighted by Gasteiger charge is -2.40. The van der Waals surface area contributed by atoms with Crippen molar-refractivity contribution in [3.63, 3.8) is 0 Å². The number of nitrogens with zero attached hydrogens (tertiary/aromatic N) is 1. The molecule has 0 radical (unpaired) electrons. The van der Waals surface area contributed by atoms with Crippen LogP contribution in [0, 0.1) is 0 Å². The molecular formula is C34H40N2O6Si. The van der Waals surface area contributed by atoms with E-state index in [1.54, 1.807) is 0 Å². The maximum Gasteiger partial charge on any atom is 0.330 e. The highest BCUT2D eigenvalue weighted by atomic mass is 28.4. The number of H-pyrrole nitrogens is 1. The first kappa shape index (κ1) is 30.8. The molecule has 1 aliphatic rings. The minimum atomic E-state index is -2.43. The highest BCUT2D eigenvalue weighted by Gasteiger charge is 2.51. The van der Waals surface area contributed by atoms with Crippen LogP contribution in [0.1, 0.15) is 43.7 Å². The third-order valence-corrected chi connectivity index (χ3v) is 13.2. The number of benzene rings is 3. The molecule has 5 rings (SSSR count). The molecule has 1 saturated heterocycles. The number of nitrogens with one attached hydrogen (secondary N) is 1. The summed E-state index contributed by atoms with van der Waals surface area (Å²) in [5.74, 6) is 0. The van der Waals surface area contributed by atoms with Crippen molar-refractivity contribution >= 4 is 8.32 Å². The lowest BCUT2D eigenvalue weighted by Crippen LogP contribution is -2.50. The Morgan fingerprint density at radius 1 is 0.837 bits per heavy atom. The fourth-order valence-corrected chi connectivity index (χ4v) is 6.62. The Labute approximate surface area is 253 Å². The van der Waals surface area contributed by atoms with Gasteiger partial charge < -0.3 is 19.0 Å². The van der Waals surface area contributed by atoms with Crippen LogP contribution in [0.15, 0.2) is 113 Å². The van der Waals surface area contributed by atoms with Crippen LogP contribution in [0.3, 0.4) is 0 Å². The number of hydrogen-bond acceptors (Lipinski definition) is 6. The normalized spacial score (nSPS) is 21.2. The monoisotopic (exact) mass is 600 g/mol. The van der Waals surface area contributed by atoms with Crippen molar-refractivity contribution in [1.82, 2.24) is 9.55 Å². The predicted octanol–water partition coefficient (Wildman–Crippen LogP) is 5.19. The average molecular weight is 601 g/mol. The summed E-state index contributed by atoms with van der Waals surface area (Å²) in [7, 11) is -2.43. The number of aromatic amines is 1. The summed E-state index contributed by atoms with van der Waals surface area (Å²) in [4.78, 5) is 27.0. The van der Waals surface area contributed by atoms with E-state index in [0.717, 1.165) is 16.7 Å². The third-order valence-electron chi connectivity index (χ3n) is 8.68. The van der Waals surface area contributed by atoms with Crippen LogP contribution < -0.4 is 11.2 Å². The molecule has 0 spiro atoms. The molecule has 9 heteroatoms. The van der Waals surface area contributed by atoms with Crippen molar-refractivity contribution in [2.75, 3.05) is 6.61 Å². The second-order valence-corrected chi connectivity index (χ2v) is 17.3. The average Bonchev–Trinajstić information content (AvgIpc) is 3.28. The molecule has 4 aromatic rings. The van der Waals surface area contributed by atoms with E-state index in [-0.39, 0.29) is 11.6 Å². The second kappa shape index (κ2) is 12.2. The second-order valence-electron chi connectivity index (χ2n) is 12.5. The van der Waals surface area contributed by atoms with E-state index in [1.807, 2.05) is 91.0 Å². The van der Waals surface area contributed by atoms with Crippen LogP contribution in [0.25, 0.3) is 0 Å². The molecule has 3 aromatic carbocycles. The summed E-state index contributed by atoms with van der Waals surface area (Å²) in [6.45, 7) is 10.5. The number of rotatable bonds is 9. The molecule has 2 heterocycles. The van der Waals surface area contributed by atoms with E-state index in [4.69, 9.17) is 13.9 Å². The van der Waals surface area contributed by atoms with Gasteiger partial charge in [-0.15, -0.1) is 0 Å². The first-order valence-corrected chi connectivity index (χ1v) is 17.5. The molecule has 0 unspecified atom stereocenters. The number of hydrogen-bond donors (Lipinski definition) is 2. The lowest BCUT2D eigenvalue weighted by molar-refractivity contribution is -0.0956. The number of ether oxygens (including phenoxy) is 2. The van der Waals surface area contributed by atoms with E-state index in [2.05, 4.69) is 38.8 Å². The van der Waals surface area contributed by atoms with Crippen LogP contribution in [-0.2, 0) is 19.5 Å². The lowest BCUT2D eigenvalue weighted by atomic mass is 9.80. The molecule has 43 heavy (non-hydrogen) atoms. The molecule has 2 N–H and O–H groups in total. The Morgan fingerprint density at radius 3 is 1.77 bits per heavy atom. The zero-order chi connectivity index (χ0) is 30.8. The molecule has 0 amide bonds. The van der Waals surface area contributed by atoms with Crippen LogP contribution in [0.5, 0.6) is 0 Å². The quantitative estimate of drug-likeness (QED) is 0.202. The van der Waals surface area contributed by atoms with E-state index in [9.17, 15) is 14.7 Å². The molecule has 0 aliphatic carbocycles. The number of aliphatic hydroxyl groups excluding tert-OH is 1. The van der Waals surface area contributed by atoms with Gasteiger partial charge in [0.1, 0.15) is 23.9 Å². The van der Waals surface area contributed by atoms with Crippen LogP contribution in [0.2, 0.25) is 18.1 Å². The maximum atomic E-state index is 12.9. The fraction of sp³-hybridized carbons (Fsp3) is 0.353. The minimum absolute atomic E-state index is 0.00812. The molecule has 8 nitrogen and oxygen atoms in total. The van der Waals surface area contributed by atoms with E-state index in [0.29, 0.717) is 0 Å². The summed E-state index contributed by atoms with van der Waals surface area (Å²) >= 11 is 0. The van der Waals surface area contributed by atoms with Crippen molar-refractivity contribution in [3.8, 4) is 0 Å². The van der Waals surface area contributed by atoms with Crippen molar-refractivity contribution in [1.29, 1.82) is 0 Å². The van der Waals surface area contributed by atoms with Gasteiger partial charge in [0, 0.05) is 12.3 Å². The molecule has 1 aromatic heterocycles. The maximum absolute atomic E-state index is 12.9. The van der Waals surface area contributed by atoms with Gasteiger partial charge in [0.05, 0.1) is 6.61 Å². The first-order chi connectivity index (χ1) is 20.4. The Hall–Kier alpha value is -3.60. The van der Waals surface area contributed by atoms with Gasteiger partial charge in [-0.2, -0.15) is 0 Å². The van der Waals surface area contributed by atoms with Gasteiger partial charge in [0.15, 0.2) is 14.5 Å². The number of aromatic nitrogens is 2. The summed E-state index contributed by atoms with van der Waals surface area (Å²) in [6.07, 6.45) is -2.40. The van der Waals surface area contributed by atoms with Gasteiger partial charge >= 0.3 is 5.69 Å². The Morgan fingerprint density at radius 2 is 1.33 bits per heavy atom. The molecular weight excluding hydrogens is 560 g/mol. The number of aliphatic hydroxyl groups is 1. The molecule has 0 saturated carbocycles. The zero-order valence-electron chi connectivity index (χ0n) is 25.3. The van der Waals surface area contributed by atoms with E-state index >= 15 is 0 Å². The smallest absolute Gasteiger partial charge is 0.330 e. The molecule has 1 aliphatic heterocycles. The van der Waals surface area contributed by atoms with E-state index in [1.165, 1.54) is 16.8 Å². The van der Waals surface area contributed by atoms with Gasteiger partial charge in [-0.1, -0.05) is 112 Å². The molecule has 0 bridgehead atoms. The fourth-order valence-electron chi connectivity index (χ4n) is 5.33. The third kappa shape index (κ3) is 6.09. The summed E-state index contributed by atoms with van der Waals surface area (Å²) < 4.78 is 21.3. The van der Waals surface area contributed by atoms with Gasteiger partial charge in [0.2, 0.25) is 0 Å². The standard InChI is InChI=1S/C34H40N2O6Si/c1-33(2,3)43(4,5)42-30-29(38)27(41-31(30)36-22-21-28(37)35-32(36)39)23-40-34(24-15-9-6-10-16-24,25-17-11-7-12-18-25)26-19-13-8-14-20-26/h6-22,27,29-31,38H,23H2,1-5H3,(H,35,37,39)/t27-,29-,30-,31-/m1/s1. The molecule has 226 valence electrons. The SMILES string of the molecule is CC(C)(C)[Si](C)(C)O[C@@H]1[C@H](O)[C@@H](COC(c2ccccc2)(c2ccccc2)c2ccccc2)O[C@H]1n1ccc(=O)[nH]c1=O. The van der Waals surface area contributed by atoms with Crippen LogP contribution in [-0.4, -0.2) is 47.9 Å². The van der Waals surface area contributed by atoms with Crippen molar-refractivity contribution in [2.45, 2.75) is 69.0 Å². The largest absolute Gasteiger partial charge is 0.407 e. The van der Waals surface area contributed by atoms with Gasteiger partial charge in [-0.05, 0) is 34.8 Å². The van der Waals surface area contributed by atoms with Crippen LogP contribution in [0.4, 0.5) is 0 Å². The van der Waals surface area contributed by atoms with E-state index < -0.39 is 49.7 Å². The topological polar surface area (TPSA) is 103 Å². The minimum Gasteiger partial charge on any atom is -0.407 e. The summed E-state index contributed by atoms with van der Waals surface area (Å²) in [5.41, 5.74) is 0.588. The first-order valence-electron chi connectivity index (χ1n) is 14.6. The zero-order valence-corrected chi connectivity index (χ0v) is 26.3. The van der Waals surface area contributed by atoms with Gasteiger partial charge in [-0.25, -0.2) is 4.79 Å². The van der Waals surface area contributed by atoms with Gasteiger partial charge in [-0.3, -0.25) is 14.3 Å². The van der Waals surface area contributed by atoms with Crippen LogP contribution >= 0.6 is 0 Å². The van der Waals surface area contributed by atoms with Crippen molar-refractivity contribution in [3.05, 3.63) is 141 Å². The van der Waals surface area contributed by atoms with Crippen molar-refractivity contribution in [2.24, 2.45) is 0 Å². The van der Waals surface area contributed by atoms with Crippen molar-refractivity contribution < 1.29 is 19.0 Å². The van der Waals surface area contributed by atoms with Gasteiger partial charge in [0.25, 0.3) is 5.56 Å². The Bertz CT molecular complexity index is 1520. The highest BCUT2D eigenvalue weighted by molar-refractivity contribution is 6.74. The predicted molar refractivity (Wildman–Crippen MR) is 168 cm³/mol. The molecule has 4 atom stereocenters. The Balaban J connectivity index is 1.56. The Kier molecular flexibility index (Phi) is 8.74.